The van der Waals surface area contributed by atoms with Crippen LogP contribution in [0.1, 0.15) is 13.3 Å². The Morgan fingerprint density at radius 3 is 2.58 bits per heavy atom. The molecule has 3 aromatic rings. The van der Waals surface area contributed by atoms with Gasteiger partial charge >= 0.3 is 0 Å². The van der Waals surface area contributed by atoms with Crippen LogP contribution in [0.3, 0.4) is 0 Å². The second-order valence-electron chi connectivity index (χ2n) is 7.34. The van der Waals surface area contributed by atoms with E-state index in [0.717, 1.165) is 30.9 Å². The van der Waals surface area contributed by atoms with Crippen molar-refractivity contribution in [2.24, 2.45) is 0 Å². The van der Waals surface area contributed by atoms with Crippen LogP contribution >= 0.6 is 23.1 Å². The number of benzene rings is 1. The molecule has 1 saturated heterocycles. The van der Waals surface area contributed by atoms with E-state index in [1.807, 2.05) is 47.5 Å². The second-order valence-corrected chi connectivity index (χ2v) is 9.20. The largest absolute Gasteiger partial charge is 0.497 e. The third-order valence-electron chi connectivity index (χ3n) is 5.37. The van der Waals surface area contributed by atoms with Gasteiger partial charge in [-0.1, -0.05) is 18.7 Å². The molecular formula is C22H26N4O3S2. The average Bonchev–Trinajstić information content (AvgIpc) is 3.29. The lowest BCUT2D eigenvalue weighted by atomic mass is 10.2. The lowest BCUT2D eigenvalue weighted by Crippen LogP contribution is -2.49. The van der Waals surface area contributed by atoms with Gasteiger partial charge in [-0.05, 0) is 42.1 Å². The van der Waals surface area contributed by atoms with Crippen LogP contribution in [0.15, 0.2) is 45.7 Å². The topological polar surface area (TPSA) is 67.7 Å². The Bertz CT molecular complexity index is 1100. The number of hydrogen-bond acceptors (Lipinski definition) is 7. The number of thiophene rings is 1. The average molecular weight is 459 g/mol. The molecule has 0 N–H and O–H groups in total. The van der Waals surface area contributed by atoms with Crippen LogP contribution in [0.4, 0.5) is 5.69 Å². The molecule has 4 rings (SSSR count). The monoisotopic (exact) mass is 458 g/mol. The van der Waals surface area contributed by atoms with Crippen molar-refractivity contribution >= 4 is 44.9 Å². The van der Waals surface area contributed by atoms with E-state index in [2.05, 4.69) is 9.88 Å². The maximum absolute atomic E-state index is 12.8. The number of nitrogens with zero attached hydrogens (tertiary/aromatic N) is 4. The molecule has 0 bridgehead atoms. The lowest BCUT2D eigenvalue weighted by Gasteiger charge is -2.36. The molecule has 0 aliphatic carbocycles. The Hall–Kier alpha value is -2.52. The first-order valence-corrected chi connectivity index (χ1v) is 12.2. The molecule has 1 aliphatic heterocycles. The number of thioether (sulfide) groups is 1. The molecule has 0 saturated carbocycles. The van der Waals surface area contributed by atoms with Gasteiger partial charge in [0.25, 0.3) is 5.56 Å². The van der Waals surface area contributed by atoms with Crippen LogP contribution in [-0.4, -0.2) is 59.4 Å². The minimum Gasteiger partial charge on any atom is -0.497 e. The summed E-state index contributed by atoms with van der Waals surface area (Å²) in [6, 6.07) is 9.87. The zero-order chi connectivity index (χ0) is 21.8. The van der Waals surface area contributed by atoms with Gasteiger partial charge in [0.15, 0.2) is 5.16 Å². The Morgan fingerprint density at radius 2 is 1.90 bits per heavy atom. The summed E-state index contributed by atoms with van der Waals surface area (Å²) in [5.41, 5.74) is 1.84. The first kappa shape index (κ1) is 21.7. The Morgan fingerprint density at radius 1 is 1.16 bits per heavy atom. The molecule has 9 heteroatoms. The molecule has 164 valence electrons. The molecular weight excluding hydrogens is 432 g/mol. The number of rotatable bonds is 7. The predicted octanol–water partition coefficient (Wildman–Crippen LogP) is 3.32. The summed E-state index contributed by atoms with van der Waals surface area (Å²) in [6.45, 7) is 5.60. The maximum atomic E-state index is 12.8. The molecule has 1 aromatic carbocycles. The van der Waals surface area contributed by atoms with Crippen LogP contribution in [0, 0.1) is 0 Å². The molecule has 0 atom stereocenters. The molecule has 2 aromatic heterocycles. The van der Waals surface area contributed by atoms with E-state index in [-0.39, 0.29) is 17.2 Å². The molecule has 7 nitrogen and oxygen atoms in total. The number of ether oxygens (including phenoxy) is 1. The van der Waals surface area contributed by atoms with Crippen molar-refractivity contribution in [3.05, 3.63) is 46.1 Å². The van der Waals surface area contributed by atoms with Crippen LogP contribution in [-0.2, 0) is 11.3 Å². The van der Waals surface area contributed by atoms with E-state index in [1.165, 1.54) is 23.1 Å². The smallest absolute Gasteiger partial charge is 0.272 e. The molecule has 1 aliphatic rings. The summed E-state index contributed by atoms with van der Waals surface area (Å²) >= 11 is 2.78. The highest BCUT2D eigenvalue weighted by molar-refractivity contribution is 7.99. The first-order chi connectivity index (χ1) is 15.1. The van der Waals surface area contributed by atoms with Gasteiger partial charge in [0.1, 0.15) is 10.4 Å². The highest BCUT2D eigenvalue weighted by Gasteiger charge is 2.22. The number of carbonyl (C=O) groups is 1. The predicted molar refractivity (Wildman–Crippen MR) is 127 cm³/mol. The molecule has 1 amide bonds. The number of anilines is 1. The van der Waals surface area contributed by atoms with Crippen LogP contribution in [0.2, 0.25) is 0 Å². The van der Waals surface area contributed by atoms with E-state index in [4.69, 9.17) is 4.74 Å². The fourth-order valence-electron chi connectivity index (χ4n) is 3.68. The number of amides is 1. The van der Waals surface area contributed by atoms with Gasteiger partial charge in [0.05, 0.1) is 18.4 Å². The third-order valence-corrected chi connectivity index (χ3v) is 7.23. The quantitative estimate of drug-likeness (QED) is 0.400. The minimum atomic E-state index is -0.00935. The van der Waals surface area contributed by atoms with Crippen molar-refractivity contribution in [2.75, 3.05) is 43.9 Å². The highest BCUT2D eigenvalue weighted by atomic mass is 32.2. The lowest BCUT2D eigenvalue weighted by molar-refractivity contribution is -0.128. The Kier molecular flexibility index (Phi) is 6.82. The van der Waals surface area contributed by atoms with Crippen molar-refractivity contribution in [1.29, 1.82) is 0 Å². The second kappa shape index (κ2) is 9.74. The highest BCUT2D eigenvalue weighted by Crippen LogP contribution is 2.23. The standard InChI is InChI=1S/C22H26N4O3S2/c1-3-9-26-21(28)20-18(8-14-30-20)23-22(26)31-15-19(27)25-12-10-24(11-13-25)16-4-6-17(29-2)7-5-16/h4-8,14H,3,9-13,15H2,1-2H3. The minimum absolute atomic E-state index is 0.00935. The van der Waals surface area contributed by atoms with E-state index < -0.39 is 0 Å². The van der Waals surface area contributed by atoms with Crippen LogP contribution in [0.25, 0.3) is 10.2 Å². The molecule has 0 spiro atoms. The van der Waals surface area contributed by atoms with Crippen molar-refractivity contribution in [3.63, 3.8) is 0 Å². The van der Waals surface area contributed by atoms with E-state index in [9.17, 15) is 9.59 Å². The van der Waals surface area contributed by atoms with E-state index >= 15 is 0 Å². The van der Waals surface area contributed by atoms with Gasteiger partial charge in [0, 0.05) is 38.4 Å². The fraction of sp³-hybridized carbons (Fsp3) is 0.409. The Labute approximate surface area is 189 Å². The molecule has 0 unspecified atom stereocenters. The number of hydrogen-bond donors (Lipinski definition) is 0. The van der Waals surface area contributed by atoms with Gasteiger partial charge in [-0.25, -0.2) is 4.98 Å². The Balaban J connectivity index is 1.37. The van der Waals surface area contributed by atoms with Gasteiger partial charge in [-0.2, -0.15) is 0 Å². The van der Waals surface area contributed by atoms with Gasteiger partial charge in [-0.15, -0.1) is 11.3 Å². The zero-order valence-electron chi connectivity index (χ0n) is 17.7. The van der Waals surface area contributed by atoms with Crippen molar-refractivity contribution in [1.82, 2.24) is 14.5 Å². The van der Waals surface area contributed by atoms with Crippen LogP contribution < -0.4 is 15.2 Å². The molecule has 1 fully saturated rings. The van der Waals surface area contributed by atoms with Gasteiger partial charge < -0.3 is 14.5 Å². The molecule has 0 radical (unpaired) electrons. The summed E-state index contributed by atoms with van der Waals surface area (Å²) in [7, 11) is 1.66. The fourth-order valence-corrected chi connectivity index (χ4v) is 5.39. The number of aromatic nitrogens is 2. The third kappa shape index (κ3) is 4.72. The van der Waals surface area contributed by atoms with E-state index in [1.54, 1.807) is 11.7 Å². The first-order valence-electron chi connectivity index (χ1n) is 10.4. The zero-order valence-corrected chi connectivity index (χ0v) is 19.4. The number of piperazine rings is 1. The summed E-state index contributed by atoms with van der Waals surface area (Å²) in [6.07, 6.45) is 0.841. The number of methoxy groups -OCH3 is 1. The normalized spacial score (nSPS) is 14.3. The van der Waals surface area contributed by atoms with Gasteiger partial charge in [-0.3, -0.25) is 14.2 Å². The summed E-state index contributed by atoms with van der Waals surface area (Å²) in [5, 5.41) is 2.51. The maximum Gasteiger partial charge on any atom is 0.272 e. The summed E-state index contributed by atoms with van der Waals surface area (Å²) < 4.78 is 7.61. The SMILES string of the molecule is CCCn1c(SCC(=O)N2CCN(c3ccc(OC)cc3)CC2)nc2ccsc2c1=O. The summed E-state index contributed by atoms with van der Waals surface area (Å²) in [4.78, 5) is 34.4. The number of fused-ring (bicyclic) bond motifs is 1. The van der Waals surface area contributed by atoms with Crippen molar-refractivity contribution in [3.8, 4) is 5.75 Å². The van der Waals surface area contributed by atoms with E-state index in [0.29, 0.717) is 35.0 Å². The summed E-state index contributed by atoms with van der Waals surface area (Å²) in [5.74, 6) is 1.21. The van der Waals surface area contributed by atoms with Gasteiger partial charge in [0.2, 0.25) is 5.91 Å². The molecule has 31 heavy (non-hydrogen) atoms. The van der Waals surface area contributed by atoms with Crippen molar-refractivity contribution < 1.29 is 9.53 Å². The number of carbonyl (C=O) groups excluding carboxylic acids is 1. The van der Waals surface area contributed by atoms with Crippen molar-refractivity contribution in [2.45, 2.75) is 25.0 Å². The van der Waals surface area contributed by atoms with Crippen LogP contribution in [0.5, 0.6) is 5.75 Å². The molecule has 3 heterocycles.